The number of aliphatic hydroxyl groups is 1. The van der Waals surface area contributed by atoms with Gasteiger partial charge >= 0.3 is 6.18 Å². The Morgan fingerprint density at radius 1 is 1.03 bits per heavy atom. The van der Waals surface area contributed by atoms with Crippen LogP contribution in [0.25, 0.3) is 10.4 Å². The largest absolute Gasteiger partial charge is 0.433 e. The van der Waals surface area contributed by atoms with Crippen molar-refractivity contribution < 1.29 is 18.3 Å². The molecule has 0 bridgehead atoms. The molecule has 2 N–H and O–H groups in total. The van der Waals surface area contributed by atoms with Gasteiger partial charge in [0.25, 0.3) is 0 Å². The van der Waals surface area contributed by atoms with Crippen molar-refractivity contribution in [1.82, 2.24) is 15.0 Å². The number of benzene rings is 1. The van der Waals surface area contributed by atoms with Gasteiger partial charge in [-0.05, 0) is 79.8 Å². The van der Waals surface area contributed by atoms with Gasteiger partial charge in [0.15, 0.2) is 0 Å². The summed E-state index contributed by atoms with van der Waals surface area (Å²) in [6, 6.07) is 6.80. The maximum absolute atomic E-state index is 13.1. The standard InChI is InChI=1S/C25H27F3N4OS/c1-24(33,18-5-3-2-4-6-18)22-30-14-20(34-22)17-11-16(15-7-8-15)12-19(13-17)31-23-29-10-9-21(32-23)25(26,27)28/h9-15,18,33H,2-8H2,1H3,(H,29,31,32). The third kappa shape index (κ3) is 4.95. The predicted octanol–water partition coefficient (Wildman–Crippen LogP) is 7.03. The summed E-state index contributed by atoms with van der Waals surface area (Å²) >= 11 is 1.48. The molecule has 5 rings (SSSR count). The van der Waals surface area contributed by atoms with E-state index in [9.17, 15) is 18.3 Å². The maximum atomic E-state index is 13.1. The Labute approximate surface area is 200 Å². The highest BCUT2D eigenvalue weighted by molar-refractivity contribution is 7.15. The Balaban J connectivity index is 1.44. The highest BCUT2D eigenvalue weighted by Crippen LogP contribution is 2.45. The van der Waals surface area contributed by atoms with Crippen molar-refractivity contribution in [2.75, 3.05) is 5.32 Å². The van der Waals surface area contributed by atoms with Crippen LogP contribution in [-0.4, -0.2) is 20.1 Å². The van der Waals surface area contributed by atoms with Crippen LogP contribution in [0.5, 0.6) is 0 Å². The van der Waals surface area contributed by atoms with Crippen molar-refractivity contribution in [1.29, 1.82) is 0 Å². The topological polar surface area (TPSA) is 70.9 Å². The molecule has 34 heavy (non-hydrogen) atoms. The number of aromatic nitrogens is 3. The fraction of sp³-hybridized carbons (Fsp3) is 0.480. The van der Waals surface area contributed by atoms with E-state index in [4.69, 9.17) is 0 Å². The molecular formula is C25H27F3N4OS. The molecule has 180 valence electrons. The third-order valence-electron chi connectivity index (χ3n) is 6.83. The average molecular weight is 489 g/mol. The Kier molecular flexibility index (Phi) is 6.10. The van der Waals surface area contributed by atoms with Crippen LogP contribution in [0.1, 0.15) is 74.1 Å². The lowest BCUT2D eigenvalue weighted by Gasteiger charge is -2.33. The molecule has 3 aromatic rings. The lowest BCUT2D eigenvalue weighted by molar-refractivity contribution is -0.141. The first kappa shape index (κ1) is 23.2. The van der Waals surface area contributed by atoms with E-state index in [1.54, 1.807) is 6.20 Å². The van der Waals surface area contributed by atoms with Gasteiger partial charge in [0.2, 0.25) is 5.95 Å². The molecule has 2 aliphatic carbocycles. The van der Waals surface area contributed by atoms with Crippen molar-refractivity contribution in [3.8, 4) is 10.4 Å². The number of alkyl halides is 3. The summed E-state index contributed by atoms with van der Waals surface area (Å²) in [6.07, 6.45) is 6.03. The molecule has 1 atom stereocenters. The van der Waals surface area contributed by atoms with E-state index in [1.807, 2.05) is 19.1 Å². The number of anilines is 2. The van der Waals surface area contributed by atoms with E-state index >= 15 is 0 Å². The minimum absolute atomic E-state index is 0.0982. The van der Waals surface area contributed by atoms with Crippen LogP contribution in [0.15, 0.2) is 36.7 Å². The van der Waals surface area contributed by atoms with E-state index < -0.39 is 17.5 Å². The van der Waals surface area contributed by atoms with Crippen LogP contribution >= 0.6 is 11.3 Å². The number of rotatable bonds is 6. The second-order valence-corrected chi connectivity index (χ2v) is 10.5. The predicted molar refractivity (Wildman–Crippen MR) is 126 cm³/mol. The lowest BCUT2D eigenvalue weighted by Crippen LogP contribution is -2.33. The van der Waals surface area contributed by atoms with Crippen molar-refractivity contribution in [3.63, 3.8) is 0 Å². The number of thiazole rings is 1. The molecule has 0 spiro atoms. The van der Waals surface area contributed by atoms with Gasteiger partial charge in [0.05, 0.1) is 4.88 Å². The van der Waals surface area contributed by atoms with Gasteiger partial charge in [-0.3, -0.25) is 0 Å². The van der Waals surface area contributed by atoms with Gasteiger partial charge in [-0.2, -0.15) is 13.2 Å². The number of halogens is 3. The number of hydrogen-bond donors (Lipinski definition) is 2. The van der Waals surface area contributed by atoms with Crippen molar-refractivity contribution in [3.05, 3.63) is 52.9 Å². The molecule has 5 nitrogen and oxygen atoms in total. The highest BCUT2D eigenvalue weighted by atomic mass is 32.1. The Morgan fingerprint density at radius 2 is 1.79 bits per heavy atom. The highest BCUT2D eigenvalue weighted by Gasteiger charge is 2.37. The van der Waals surface area contributed by atoms with Gasteiger partial charge in [-0.15, -0.1) is 11.3 Å². The summed E-state index contributed by atoms with van der Waals surface area (Å²) in [5.41, 5.74) is 0.723. The SMILES string of the molecule is CC(O)(c1ncc(-c2cc(Nc3nccc(C(F)(F)F)n3)cc(C3CC3)c2)s1)C1CCCCC1. The first-order valence-electron chi connectivity index (χ1n) is 11.7. The second-order valence-electron chi connectivity index (χ2n) is 9.52. The van der Waals surface area contributed by atoms with Crippen LogP contribution in [0.4, 0.5) is 24.8 Å². The number of nitrogens with one attached hydrogen (secondary N) is 1. The zero-order valence-electron chi connectivity index (χ0n) is 18.9. The van der Waals surface area contributed by atoms with Crippen LogP contribution < -0.4 is 5.32 Å². The van der Waals surface area contributed by atoms with Crippen molar-refractivity contribution in [2.24, 2.45) is 5.92 Å². The fourth-order valence-electron chi connectivity index (χ4n) is 4.71. The Hall–Kier alpha value is -2.52. The van der Waals surface area contributed by atoms with E-state index in [0.29, 0.717) is 16.6 Å². The van der Waals surface area contributed by atoms with Crippen molar-refractivity contribution >= 4 is 23.0 Å². The van der Waals surface area contributed by atoms with Crippen LogP contribution in [0, 0.1) is 5.92 Å². The van der Waals surface area contributed by atoms with E-state index in [2.05, 4.69) is 26.3 Å². The minimum Gasteiger partial charge on any atom is -0.383 e. The molecular weight excluding hydrogens is 461 g/mol. The van der Waals surface area contributed by atoms with E-state index in [-0.39, 0.29) is 11.9 Å². The van der Waals surface area contributed by atoms with E-state index in [0.717, 1.165) is 66.8 Å². The molecule has 0 radical (unpaired) electrons. The van der Waals surface area contributed by atoms with Gasteiger partial charge in [-0.1, -0.05) is 19.3 Å². The molecule has 2 heterocycles. The quantitative estimate of drug-likeness (QED) is 0.390. The summed E-state index contributed by atoms with van der Waals surface area (Å²) in [5, 5.41) is 15.0. The van der Waals surface area contributed by atoms with Gasteiger partial charge in [-0.25, -0.2) is 15.0 Å². The van der Waals surface area contributed by atoms with E-state index in [1.165, 1.54) is 17.8 Å². The Bertz CT molecular complexity index is 1170. The molecule has 0 aliphatic heterocycles. The summed E-state index contributed by atoms with van der Waals surface area (Å²) in [4.78, 5) is 13.1. The van der Waals surface area contributed by atoms with Crippen molar-refractivity contribution in [2.45, 2.75) is 69.6 Å². The van der Waals surface area contributed by atoms with Gasteiger partial charge in [0.1, 0.15) is 16.3 Å². The molecule has 9 heteroatoms. The maximum Gasteiger partial charge on any atom is 0.433 e. The number of hydrogen-bond acceptors (Lipinski definition) is 6. The average Bonchev–Trinajstić information content (AvgIpc) is 3.54. The monoisotopic (exact) mass is 488 g/mol. The second kappa shape index (κ2) is 8.92. The first-order chi connectivity index (χ1) is 16.2. The van der Waals surface area contributed by atoms with Gasteiger partial charge in [0, 0.05) is 18.1 Å². The summed E-state index contributed by atoms with van der Waals surface area (Å²) in [5.74, 6) is 0.549. The van der Waals surface area contributed by atoms with Gasteiger partial charge < -0.3 is 10.4 Å². The summed E-state index contributed by atoms with van der Waals surface area (Å²) in [6.45, 7) is 1.87. The fourth-order valence-corrected chi connectivity index (χ4v) is 5.73. The summed E-state index contributed by atoms with van der Waals surface area (Å²) in [7, 11) is 0. The number of nitrogens with zero attached hydrogens (tertiary/aromatic N) is 3. The molecule has 0 saturated heterocycles. The molecule has 1 unspecified atom stereocenters. The Morgan fingerprint density at radius 3 is 2.50 bits per heavy atom. The first-order valence-corrected chi connectivity index (χ1v) is 12.5. The molecule has 2 saturated carbocycles. The lowest BCUT2D eigenvalue weighted by atomic mass is 9.78. The van der Waals surface area contributed by atoms with Crippen LogP contribution in [0.3, 0.4) is 0 Å². The molecule has 2 fully saturated rings. The zero-order chi connectivity index (χ0) is 23.9. The molecule has 2 aliphatic rings. The molecule has 0 amide bonds. The van der Waals surface area contributed by atoms with Crippen LogP contribution in [0.2, 0.25) is 0 Å². The zero-order valence-corrected chi connectivity index (χ0v) is 19.7. The van der Waals surface area contributed by atoms with Crippen LogP contribution in [-0.2, 0) is 11.8 Å². The molecule has 1 aromatic carbocycles. The minimum atomic E-state index is -4.53. The third-order valence-corrected chi connectivity index (χ3v) is 8.10. The summed E-state index contributed by atoms with van der Waals surface area (Å²) < 4.78 is 39.2. The molecule has 2 aromatic heterocycles. The smallest absolute Gasteiger partial charge is 0.383 e. The normalized spacial score (nSPS) is 19.1.